The normalized spacial score (nSPS) is 12.0. The predicted octanol–water partition coefficient (Wildman–Crippen LogP) is 3.69. The molecule has 2 heterocycles. The molecule has 4 rings (SSSR count). The van der Waals surface area contributed by atoms with E-state index in [9.17, 15) is 9.59 Å². The molecule has 31 heavy (non-hydrogen) atoms. The van der Waals surface area contributed by atoms with Crippen LogP contribution < -0.4 is 11.1 Å². The van der Waals surface area contributed by atoms with E-state index in [1.165, 1.54) is 18.0 Å². The van der Waals surface area contributed by atoms with Gasteiger partial charge in [-0.1, -0.05) is 42.1 Å². The van der Waals surface area contributed by atoms with Gasteiger partial charge in [-0.25, -0.2) is 0 Å². The van der Waals surface area contributed by atoms with Gasteiger partial charge in [-0.2, -0.15) is 0 Å². The molecule has 0 fully saturated rings. The van der Waals surface area contributed by atoms with E-state index in [0.29, 0.717) is 23.3 Å². The van der Waals surface area contributed by atoms with Gasteiger partial charge in [0.05, 0.1) is 11.5 Å². The topological polar surface area (TPSA) is 116 Å². The van der Waals surface area contributed by atoms with E-state index in [1.54, 1.807) is 23.6 Å². The van der Waals surface area contributed by atoms with Crippen LogP contribution in [0.3, 0.4) is 0 Å². The van der Waals surface area contributed by atoms with E-state index >= 15 is 0 Å². The Hall–Kier alpha value is -3.59. The average molecular weight is 436 g/mol. The van der Waals surface area contributed by atoms with Crippen molar-refractivity contribution in [2.24, 2.45) is 5.73 Å². The van der Waals surface area contributed by atoms with Crippen molar-refractivity contribution in [3.05, 3.63) is 60.9 Å². The molecule has 2 aromatic carbocycles. The number of amides is 2. The fourth-order valence-electron chi connectivity index (χ4n) is 3.11. The summed E-state index contributed by atoms with van der Waals surface area (Å²) in [5, 5.41) is 13.5. The Labute approximate surface area is 182 Å². The molecule has 4 aromatic rings. The quantitative estimate of drug-likeness (QED) is 0.408. The number of carbonyl (C=O) groups is 2. The highest BCUT2D eigenvalue weighted by Gasteiger charge is 2.22. The Morgan fingerprint density at radius 3 is 2.68 bits per heavy atom. The van der Waals surface area contributed by atoms with Gasteiger partial charge in [-0.3, -0.25) is 14.2 Å². The molecule has 1 unspecified atom stereocenters. The van der Waals surface area contributed by atoms with Crippen molar-refractivity contribution in [3.8, 4) is 11.6 Å². The van der Waals surface area contributed by atoms with Crippen molar-refractivity contribution >= 4 is 40.0 Å². The molecule has 8 nitrogen and oxygen atoms in total. The molecule has 0 radical (unpaired) electrons. The summed E-state index contributed by atoms with van der Waals surface area (Å²) in [6.45, 7) is 2.08. The first kappa shape index (κ1) is 20.7. The highest BCUT2D eigenvalue weighted by molar-refractivity contribution is 8.00. The zero-order chi connectivity index (χ0) is 21.8. The molecule has 2 aromatic heterocycles. The lowest BCUT2D eigenvalue weighted by Crippen LogP contribution is -2.23. The van der Waals surface area contributed by atoms with Gasteiger partial charge in [-0.15, -0.1) is 10.2 Å². The Bertz CT molecular complexity index is 1220. The summed E-state index contributed by atoms with van der Waals surface area (Å²) < 4.78 is 7.16. The fourth-order valence-corrected chi connectivity index (χ4v) is 3.99. The second-order valence-corrected chi connectivity index (χ2v) is 8.27. The second kappa shape index (κ2) is 9.05. The number of nitrogens with one attached hydrogen (secondary N) is 1. The fraction of sp³-hybridized carbons (Fsp3) is 0.182. The molecular formula is C22H21N5O3S. The number of aromatic nitrogens is 3. The van der Waals surface area contributed by atoms with Gasteiger partial charge >= 0.3 is 0 Å². The number of furan rings is 1. The minimum absolute atomic E-state index is 0.122. The van der Waals surface area contributed by atoms with Crippen molar-refractivity contribution in [3.63, 3.8) is 0 Å². The first-order chi connectivity index (χ1) is 15.0. The minimum atomic E-state index is -0.451. The maximum absolute atomic E-state index is 12.8. The number of rotatable bonds is 8. The molecule has 9 heteroatoms. The number of carbonyl (C=O) groups excluding carboxylic acids is 2. The number of benzene rings is 2. The van der Waals surface area contributed by atoms with Crippen LogP contribution >= 0.6 is 11.8 Å². The number of primary amides is 1. The molecule has 0 saturated carbocycles. The van der Waals surface area contributed by atoms with Gasteiger partial charge in [-0.05, 0) is 42.0 Å². The van der Waals surface area contributed by atoms with Crippen LogP contribution in [0.1, 0.15) is 13.3 Å². The molecule has 2 amide bonds. The van der Waals surface area contributed by atoms with Gasteiger partial charge in [0.25, 0.3) is 0 Å². The van der Waals surface area contributed by atoms with Crippen molar-refractivity contribution in [1.82, 2.24) is 14.8 Å². The van der Waals surface area contributed by atoms with Crippen LogP contribution in [0.2, 0.25) is 0 Å². The molecule has 0 saturated heterocycles. The molecule has 0 aliphatic carbocycles. The van der Waals surface area contributed by atoms with Crippen LogP contribution in [0, 0.1) is 0 Å². The Balaban J connectivity index is 1.50. The minimum Gasteiger partial charge on any atom is -0.461 e. The molecule has 0 aliphatic rings. The van der Waals surface area contributed by atoms with Crippen molar-refractivity contribution in [2.45, 2.75) is 30.3 Å². The number of nitrogens with two attached hydrogens (primary N) is 1. The monoisotopic (exact) mass is 435 g/mol. The molecule has 0 aliphatic heterocycles. The summed E-state index contributed by atoms with van der Waals surface area (Å²) in [5.74, 6) is 0.411. The second-order valence-electron chi connectivity index (χ2n) is 6.96. The van der Waals surface area contributed by atoms with E-state index in [1.807, 2.05) is 42.5 Å². The molecular weight excluding hydrogens is 414 g/mol. The van der Waals surface area contributed by atoms with Crippen molar-refractivity contribution in [1.29, 1.82) is 0 Å². The van der Waals surface area contributed by atoms with Crippen LogP contribution in [-0.2, 0) is 16.1 Å². The van der Waals surface area contributed by atoms with E-state index in [4.69, 9.17) is 10.2 Å². The Kier molecular flexibility index (Phi) is 6.03. The number of fused-ring (bicyclic) bond motifs is 1. The van der Waals surface area contributed by atoms with Gasteiger partial charge in [0, 0.05) is 18.7 Å². The van der Waals surface area contributed by atoms with Gasteiger partial charge in [0.15, 0.2) is 16.7 Å². The highest BCUT2D eigenvalue weighted by Crippen LogP contribution is 2.28. The first-order valence-electron chi connectivity index (χ1n) is 9.73. The molecule has 3 N–H and O–H groups in total. The first-order valence-corrected chi connectivity index (χ1v) is 10.6. The number of anilines is 1. The zero-order valence-electron chi connectivity index (χ0n) is 16.8. The van der Waals surface area contributed by atoms with Crippen LogP contribution in [0.4, 0.5) is 5.69 Å². The SMILES string of the molecule is CC(Sc1nnc(-c2ccco2)n1CCC(N)=O)C(=O)Nc1ccc2ccccc2c1. The number of thioether (sulfide) groups is 1. The van der Waals surface area contributed by atoms with Gasteiger partial charge in [0.1, 0.15) is 0 Å². The lowest BCUT2D eigenvalue weighted by molar-refractivity contribution is -0.118. The third-order valence-electron chi connectivity index (χ3n) is 4.71. The maximum atomic E-state index is 12.8. The summed E-state index contributed by atoms with van der Waals surface area (Å²) in [4.78, 5) is 24.1. The van der Waals surface area contributed by atoms with Crippen LogP contribution in [0.15, 0.2) is 70.4 Å². The molecule has 1 atom stereocenters. The maximum Gasteiger partial charge on any atom is 0.237 e. The van der Waals surface area contributed by atoms with E-state index in [2.05, 4.69) is 15.5 Å². The predicted molar refractivity (Wildman–Crippen MR) is 119 cm³/mol. The lowest BCUT2D eigenvalue weighted by atomic mass is 10.1. The molecule has 0 bridgehead atoms. The summed E-state index contributed by atoms with van der Waals surface area (Å²) in [6.07, 6.45) is 1.66. The van der Waals surface area contributed by atoms with E-state index < -0.39 is 11.2 Å². The summed E-state index contributed by atoms with van der Waals surface area (Å²) in [6, 6.07) is 17.3. The standard InChI is InChI=1S/C22H21N5O3S/c1-14(21(29)24-17-9-8-15-5-2-3-6-16(15)13-17)31-22-26-25-20(18-7-4-12-30-18)27(22)11-10-19(23)28/h2-9,12-14H,10-11H2,1H3,(H2,23,28)(H,24,29). The Morgan fingerprint density at radius 1 is 1.13 bits per heavy atom. The van der Waals surface area contributed by atoms with Gasteiger partial charge in [0.2, 0.25) is 11.8 Å². The zero-order valence-corrected chi connectivity index (χ0v) is 17.6. The van der Waals surface area contributed by atoms with Gasteiger partial charge < -0.3 is 15.5 Å². The molecule has 0 spiro atoms. The van der Waals surface area contributed by atoms with Crippen molar-refractivity contribution in [2.75, 3.05) is 5.32 Å². The Morgan fingerprint density at radius 2 is 1.94 bits per heavy atom. The summed E-state index contributed by atoms with van der Waals surface area (Å²) in [7, 11) is 0. The number of hydrogen-bond acceptors (Lipinski definition) is 6. The summed E-state index contributed by atoms with van der Waals surface area (Å²) in [5.41, 5.74) is 6.04. The average Bonchev–Trinajstić information content (AvgIpc) is 3.42. The van der Waals surface area contributed by atoms with Crippen molar-refractivity contribution < 1.29 is 14.0 Å². The van der Waals surface area contributed by atoms with Crippen LogP contribution in [0.25, 0.3) is 22.4 Å². The van der Waals surface area contributed by atoms with E-state index in [0.717, 1.165) is 16.5 Å². The number of nitrogens with zero attached hydrogens (tertiary/aromatic N) is 3. The van der Waals surface area contributed by atoms with Crippen LogP contribution in [0.5, 0.6) is 0 Å². The molecule has 158 valence electrons. The third kappa shape index (κ3) is 4.77. The third-order valence-corrected chi connectivity index (χ3v) is 5.79. The largest absolute Gasteiger partial charge is 0.461 e. The van der Waals surface area contributed by atoms with Crippen LogP contribution in [-0.4, -0.2) is 31.8 Å². The number of hydrogen-bond donors (Lipinski definition) is 2. The van der Waals surface area contributed by atoms with E-state index in [-0.39, 0.29) is 12.3 Å². The highest BCUT2D eigenvalue weighted by atomic mass is 32.2. The summed E-state index contributed by atoms with van der Waals surface area (Å²) >= 11 is 1.25. The smallest absolute Gasteiger partial charge is 0.237 e. The lowest BCUT2D eigenvalue weighted by Gasteiger charge is -2.13.